The smallest absolute Gasteiger partial charge is 0.107 e. The van der Waals surface area contributed by atoms with Gasteiger partial charge in [-0.1, -0.05) is 85.7 Å². The van der Waals surface area contributed by atoms with E-state index in [1.165, 1.54) is 14.7 Å². The molecule has 0 radical (unpaired) electrons. The van der Waals surface area contributed by atoms with Crippen LogP contribution < -0.4 is 0 Å². The van der Waals surface area contributed by atoms with E-state index in [0.717, 1.165) is 61.4 Å². The zero-order valence-corrected chi connectivity index (χ0v) is 31.1. The highest BCUT2D eigenvalue weighted by atomic mass is 127. The summed E-state index contributed by atoms with van der Waals surface area (Å²) in [5, 5.41) is 11.4. The summed E-state index contributed by atoms with van der Waals surface area (Å²) >= 11 is 2.35. The van der Waals surface area contributed by atoms with Gasteiger partial charge in [-0.15, -0.1) is 0 Å². The minimum atomic E-state index is -0.739. The van der Waals surface area contributed by atoms with Crippen LogP contribution >= 0.6 is 22.6 Å². The Labute approximate surface area is 296 Å². The van der Waals surface area contributed by atoms with Crippen molar-refractivity contribution in [1.82, 2.24) is 19.9 Å². The van der Waals surface area contributed by atoms with Crippen molar-refractivity contribution in [1.29, 1.82) is 0 Å². The molecule has 3 aromatic heterocycles. The Bertz CT molecular complexity index is 2220. The van der Waals surface area contributed by atoms with Gasteiger partial charge in [-0.3, -0.25) is 4.98 Å². The van der Waals surface area contributed by atoms with E-state index >= 15 is 0 Å². The van der Waals surface area contributed by atoms with Crippen molar-refractivity contribution >= 4 is 56.8 Å². The summed E-state index contributed by atoms with van der Waals surface area (Å²) in [6, 6.07) is 28.0. The van der Waals surface area contributed by atoms with E-state index in [1.807, 2.05) is 26.0 Å². The Hall–Kier alpha value is -4.01. The fraction of sp³-hybridized carbons (Fsp3) is 0.286. The van der Waals surface area contributed by atoms with Gasteiger partial charge in [0.25, 0.3) is 0 Å². The molecule has 7 rings (SSSR count). The van der Waals surface area contributed by atoms with Gasteiger partial charge in [0, 0.05) is 42.2 Å². The van der Waals surface area contributed by atoms with Crippen LogP contribution in [0.1, 0.15) is 95.4 Å². The quantitative estimate of drug-likeness (QED) is 0.154. The molecule has 5 heterocycles. The minimum absolute atomic E-state index is 0.0382. The molecule has 1 atom stereocenters. The maximum atomic E-state index is 11.4. The largest absolute Gasteiger partial charge is 0.386 e. The number of aromatic amines is 2. The molecule has 2 aliphatic rings. The molecule has 244 valence electrons. The molecule has 2 aromatic carbocycles. The Balaban J connectivity index is 1.65. The topological polar surface area (TPSA) is 77.6 Å². The first-order valence-electron chi connectivity index (χ1n) is 16.6. The van der Waals surface area contributed by atoms with Gasteiger partial charge >= 0.3 is 0 Å². The lowest BCUT2D eigenvalue weighted by molar-refractivity contribution is 0.109. The van der Waals surface area contributed by atoms with Crippen LogP contribution in [0.2, 0.25) is 0 Å². The third kappa shape index (κ3) is 5.94. The molecule has 0 aliphatic carbocycles. The Morgan fingerprint density at radius 3 is 1.71 bits per heavy atom. The van der Waals surface area contributed by atoms with Crippen LogP contribution in [0.3, 0.4) is 0 Å². The van der Waals surface area contributed by atoms with Crippen molar-refractivity contribution in [3.8, 4) is 22.3 Å². The van der Waals surface area contributed by atoms with Crippen LogP contribution in [0.15, 0.2) is 78.9 Å². The van der Waals surface area contributed by atoms with Gasteiger partial charge in [0.15, 0.2) is 0 Å². The first-order chi connectivity index (χ1) is 22.6. The summed E-state index contributed by atoms with van der Waals surface area (Å²) in [7, 11) is 0. The summed E-state index contributed by atoms with van der Waals surface area (Å²) in [6.07, 6.45) is 3.54. The molecule has 0 spiro atoms. The van der Waals surface area contributed by atoms with Crippen LogP contribution in [0, 0.1) is 3.57 Å². The van der Waals surface area contributed by atoms with Gasteiger partial charge in [0.05, 0.1) is 22.8 Å². The number of aliphatic hydroxyl groups excluding tert-OH is 1. The van der Waals surface area contributed by atoms with Crippen LogP contribution in [0.5, 0.6) is 0 Å². The number of fused-ring (bicyclic) bond motifs is 8. The summed E-state index contributed by atoms with van der Waals surface area (Å²) in [5.41, 5.74) is 13.2. The second kappa shape index (κ2) is 11.6. The highest BCUT2D eigenvalue weighted by molar-refractivity contribution is 14.1. The number of hydrogen-bond donors (Lipinski definition) is 3. The van der Waals surface area contributed by atoms with Gasteiger partial charge in [-0.2, -0.15) is 0 Å². The number of rotatable bonds is 2. The molecule has 0 fully saturated rings. The lowest BCUT2D eigenvalue weighted by Gasteiger charge is -2.26. The zero-order chi connectivity index (χ0) is 34.2. The van der Waals surface area contributed by atoms with Crippen molar-refractivity contribution in [2.45, 2.75) is 77.7 Å². The highest BCUT2D eigenvalue weighted by Crippen LogP contribution is 2.41. The molecule has 0 amide bonds. The van der Waals surface area contributed by atoms with Crippen molar-refractivity contribution in [2.75, 3.05) is 0 Å². The lowest BCUT2D eigenvalue weighted by atomic mass is 9.79. The van der Waals surface area contributed by atoms with Gasteiger partial charge in [-0.25, -0.2) is 4.98 Å². The molecule has 5 nitrogen and oxygen atoms in total. The lowest BCUT2D eigenvalue weighted by Crippen LogP contribution is -2.21. The van der Waals surface area contributed by atoms with Gasteiger partial charge in [0.2, 0.25) is 0 Å². The molecular formula is C42H43IN4O. The predicted molar refractivity (Wildman–Crippen MR) is 209 cm³/mol. The van der Waals surface area contributed by atoms with Crippen LogP contribution in [-0.4, -0.2) is 25.0 Å². The number of halogens is 1. The van der Waals surface area contributed by atoms with Crippen molar-refractivity contribution < 1.29 is 5.11 Å². The number of hydrogen-bond acceptors (Lipinski definition) is 3. The van der Waals surface area contributed by atoms with Gasteiger partial charge in [0.1, 0.15) is 6.10 Å². The van der Waals surface area contributed by atoms with E-state index in [2.05, 4.69) is 153 Å². The minimum Gasteiger partial charge on any atom is -0.386 e. The maximum absolute atomic E-state index is 11.4. The molecular weight excluding hydrogens is 703 g/mol. The Kier molecular flexibility index (Phi) is 7.83. The molecule has 0 saturated heterocycles. The predicted octanol–water partition coefficient (Wildman–Crippen LogP) is 11.0. The van der Waals surface area contributed by atoms with Crippen LogP contribution in [-0.2, 0) is 16.2 Å². The van der Waals surface area contributed by atoms with E-state index in [4.69, 9.17) is 9.97 Å². The average Bonchev–Trinajstić information content (AvgIpc) is 3.81. The third-order valence-corrected chi connectivity index (χ3v) is 10.4. The number of H-pyrrole nitrogens is 2. The SMILES string of the molecule is CC(C)(C)c1cc(-c2c3nc(c(-c4ccc(I)cc4)c4ccc(cc5nc(cc6ccc2[nH]6)C(C)(C)C5O)[nH]4)C=C3)cc(C(C)(C)C)c1. The second-order valence-corrected chi connectivity index (χ2v) is 17.0. The van der Waals surface area contributed by atoms with Crippen molar-refractivity contribution in [3.05, 3.63) is 116 Å². The number of nitrogens with one attached hydrogen (secondary N) is 2. The molecule has 2 aliphatic heterocycles. The third-order valence-electron chi connectivity index (χ3n) is 9.66. The Morgan fingerprint density at radius 1 is 0.646 bits per heavy atom. The molecule has 6 heteroatoms. The van der Waals surface area contributed by atoms with Gasteiger partial charge < -0.3 is 15.1 Å². The summed E-state index contributed by atoms with van der Waals surface area (Å²) in [5.74, 6) is 0. The standard InChI is InChI=1S/C42H43IN4O/c1-40(2,3)26-19-25(20-27(21-26)41(4,5)6)38-32-16-14-30(45-32)23-36-42(7,8)39(48)35(47-36)22-29-13-15-31(44-29)37(33-17-18-34(38)46-33)24-9-11-28(43)12-10-24/h9-23,39,44-45,48H,1-8H3. The molecule has 3 N–H and O–H groups in total. The molecule has 5 aromatic rings. The maximum Gasteiger partial charge on any atom is 0.107 e. The number of nitrogens with zero attached hydrogens (tertiary/aromatic N) is 2. The van der Waals surface area contributed by atoms with Crippen LogP contribution in [0.4, 0.5) is 0 Å². The van der Waals surface area contributed by atoms with Gasteiger partial charge in [-0.05, 0) is 116 Å². The normalized spacial score (nSPS) is 16.0. The monoisotopic (exact) mass is 746 g/mol. The van der Waals surface area contributed by atoms with Crippen LogP contribution in [0.25, 0.3) is 56.5 Å². The van der Waals surface area contributed by atoms with E-state index in [0.29, 0.717) is 5.69 Å². The van der Waals surface area contributed by atoms with E-state index in [-0.39, 0.29) is 10.8 Å². The summed E-state index contributed by atoms with van der Waals surface area (Å²) < 4.78 is 1.17. The number of aliphatic hydroxyl groups is 1. The van der Waals surface area contributed by atoms with E-state index < -0.39 is 11.5 Å². The molecule has 1 unspecified atom stereocenters. The van der Waals surface area contributed by atoms with E-state index in [9.17, 15) is 5.11 Å². The van der Waals surface area contributed by atoms with Crippen molar-refractivity contribution in [2.24, 2.45) is 0 Å². The molecule has 8 bridgehead atoms. The first-order valence-corrected chi connectivity index (χ1v) is 17.7. The fourth-order valence-electron chi connectivity index (χ4n) is 6.55. The average molecular weight is 747 g/mol. The molecule has 0 saturated carbocycles. The second-order valence-electron chi connectivity index (χ2n) is 15.8. The highest BCUT2D eigenvalue weighted by Gasteiger charge is 2.38. The summed E-state index contributed by atoms with van der Waals surface area (Å²) in [4.78, 5) is 17.7. The van der Waals surface area contributed by atoms with Crippen molar-refractivity contribution in [3.63, 3.8) is 0 Å². The Morgan fingerprint density at radius 2 is 1.17 bits per heavy atom. The molecule has 48 heavy (non-hydrogen) atoms. The zero-order valence-electron chi connectivity index (χ0n) is 29.0. The fourth-order valence-corrected chi connectivity index (χ4v) is 6.91. The number of aromatic nitrogens is 4. The number of benzene rings is 2. The summed E-state index contributed by atoms with van der Waals surface area (Å²) in [6.45, 7) is 17.7. The van der Waals surface area contributed by atoms with E-state index in [1.54, 1.807) is 0 Å². The first kappa shape index (κ1) is 32.5.